The van der Waals surface area contributed by atoms with E-state index in [1.165, 1.54) is 26.1 Å². The Morgan fingerprint density at radius 1 is 1.28 bits per heavy atom. The van der Waals surface area contributed by atoms with Crippen molar-refractivity contribution in [2.45, 2.75) is 33.1 Å². The van der Waals surface area contributed by atoms with Crippen LogP contribution in [0.2, 0.25) is 0 Å². The summed E-state index contributed by atoms with van der Waals surface area (Å²) in [5.41, 5.74) is 2.63. The summed E-state index contributed by atoms with van der Waals surface area (Å²) in [6.07, 6.45) is 7.81. The quantitative estimate of drug-likeness (QED) is 0.603. The summed E-state index contributed by atoms with van der Waals surface area (Å²) in [5.74, 6) is 0. The molecule has 0 saturated heterocycles. The number of hydrogen-bond donors (Lipinski definition) is 0. The SMILES string of the molecule is C=C(CCC)c1sc2ccccc2c1/C=C\CC. The lowest BCUT2D eigenvalue weighted by molar-refractivity contribution is 0.978. The first kappa shape index (κ1) is 13.1. The molecule has 1 heteroatoms. The maximum Gasteiger partial charge on any atom is 0.0381 e. The maximum absolute atomic E-state index is 4.26. The molecule has 0 unspecified atom stereocenters. The first-order valence-electron chi connectivity index (χ1n) is 6.64. The second-order valence-corrected chi connectivity index (χ2v) is 5.56. The molecule has 1 aromatic heterocycles. The lowest BCUT2D eigenvalue weighted by Crippen LogP contribution is -1.81. The highest BCUT2D eigenvalue weighted by molar-refractivity contribution is 7.20. The number of thiophene rings is 1. The van der Waals surface area contributed by atoms with Crippen molar-refractivity contribution in [2.24, 2.45) is 0 Å². The Labute approximate surface area is 114 Å². The van der Waals surface area contributed by atoms with Gasteiger partial charge in [0.2, 0.25) is 0 Å². The highest BCUT2D eigenvalue weighted by Crippen LogP contribution is 2.37. The summed E-state index contributed by atoms with van der Waals surface area (Å²) < 4.78 is 1.36. The van der Waals surface area contributed by atoms with Crippen molar-refractivity contribution in [1.29, 1.82) is 0 Å². The topological polar surface area (TPSA) is 0 Å². The van der Waals surface area contributed by atoms with Crippen LogP contribution in [0, 0.1) is 0 Å². The van der Waals surface area contributed by atoms with Crippen molar-refractivity contribution in [3.05, 3.63) is 47.4 Å². The Morgan fingerprint density at radius 3 is 2.78 bits per heavy atom. The van der Waals surface area contributed by atoms with E-state index in [2.05, 4.69) is 56.8 Å². The molecule has 0 saturated carbocycles. The van der Waals surface area contributed by atoms with Crippen LogP contribution in [0.4, 0.5) is 0 Å². The van der Waals surface area contributed by atoms with Gasteiger partial charge in [-0.25, -0.2) is 0 Å². The van der Waals surface area contributed by atoms with E-state index in [-0.39, 0.29) is 0 Å². The van der Waals surface area contributed by atoms with Crippen LogP contribution in [0.15, 0.2) is 36.9 Å². The molecule has 2 rings (SSSR count). The van der Waals surface area contributed by atoms with E-state index in [1.807, 2.05) is 11.3 Å². The molecule has 0 bridgehead atoms. The lowest BCUT2D eigenvalue weighted by atomic mass is 10.0. The summed E-state index contributed by atoms with van der Waals surface area (Å²) in [7, 11) is 0. The molecule has 0 nitrogen and oxygen atoms in total. The van der Waals surface area contributed by atoms with Crippen LogP contribution in [0.3, 0.4) is 0 Å². The summed E-state index contributed by atoms with van der Waals surface area (Å²) in [5, 5.41) is 1.36. The predicted molar refractivity (Wildman–Crippen MR) is 85.1 cm³/mol. The average molecular weight is 256 g/mol. The van der Waals surface area contributed by atoms with Gasteiger partial charge in [-0.05, 0) is 24.5 Å². The fraction of sp³-hybridized carbons (Fsp3) is 0.294. The van der Waals surface area contributed by atoms with Gasteiger partial charge in [-0.1, -0.05) is 57.2 Å². The van der Waals surface area contributed by atoms with Crippen LogP contribution < -0.4 is 0 Å². The number of rotatable bonds is 5. The van der Waals surface area contributed by atoms with E-state index in [0.717, 1.165) is 19.3 Å². The summed E-state index contributed by atoms with van der Waals surface area (Å²) in [6.45, 7) is 8.64. The number of fused-ring (bicyclic) bond motifs is 1. The van der Waals surface area contributed by atoms with Gasteiger partial charge in [-0.2, -0.15) is 0 Å². The minimum Gasteiger partial charge on any atom is -0.135 e. The van der Waals surface area contributed by atoms with E-state index in [4.69, 9.17) is 0 Å². The Morgan fingerprint density at radius 2 is 2.06 bits per heavy atom. The molecule has 0 N–H and O–H groups in total. The third kappa shape index (κ3) is 2.56. The molecule has 0 atom stereocenters. The molecule has 18 heavy (non-hydrogen) atoms. The summed E-state index contributed by atoms with van der Waals surface area (Å²) in [4.78, 5) is 1.36. The second-order valence-electron chi connectivity index (χ2n) is 4.51. The van der Waals surface area contributed by atoms with Crippen LogP contribution in [-0.4, -0.2) is 0 Å². The Balaban J connectivity index is 2.56. The van der Waals surface area contributed by atoms with E-state index in [1.54, 1.807) is 0 Å². The van der Waals surface area contributed by atoms with Crippen LogP contribution in [0.25, 0.3) is 21.7 Å². The molecule has 0 aliphatic carbocycles. The van der Waals surface area contributed by atoms with E-state index >= 15 is 0 Å². The van der Waals surface area contributed by atoms with Gasteiger partial charge in [-0.15, -0.1) is 11.3 Å². The Hall–Kier alpha value is -1.34. The zero-order chi connectivity index (χ0) is 13.0. The molecular weight excluding hydrogens is 236 g/mol. The van der Waals surface area contributed by atoms with E-state index < -0.39 is 0 Å². The molecule has 1 heterocycles. The van der Waals surface area contributed by atoms with Crippen molar-refractivity contribution < 1.29 is 0 Å². The largest absolute Gasteiger partial charge is 0.135 e. The van der Waals surface area contributed by atoms with E-state index in [0.29, 0.717) is 0 Å². The van der Waals surface area contributed by atoms with Crippen molar-refractivity contribution in [3.63, 3.8) is 0 Å². The fourth-order valence-electron chi connectivity index (χ4n) is 2.14. The van der Waals surface area contributed by atoms with Gasteiger partial charge in [-0.3, -0.25) is 0 Å². The van der Waals surface area contributed by atoms with Crippen molar-refractivity contribution in [2.75, 3.05) is 0 Å². The van der Waals surface area contributed by atoms with Crippen LogP contribution >= 0.6 is 11.3 Å². The van der Waals surface area contributed by atoms with Crippen LogP contribution in [0.1, 0.15) is 43.6 Å². The summed E-state index contributed by atoms with van der Waals surface area (Å²) >= 11 is 1.87. The standard InChI is InChI=1S/C17H20S/c1-4-6-10-15-14-11-7-8-12-16(14)18-17(15)13(3)9-5-2/h6-8,10-12H,3-5,9H2,1-2H3/b10-6-. The maximum atomic E-state index is 4.26. The van der Waals surface area contributed by atoms with Gasteiger partial charge in [0, 0.05) is 20.5 Å². The molecule has 0 aliphatic rings. The smallest absolute Gasteiger partial charge is 0.0381 e. The van der Waals surface area contributed by atoms with Crippen LogP contribution in [0.5, 0.6) is 0 Å². The number of hydrogen-bond acceptors (Lipinski definition) is 1. The summed E-state index contributed by atoms with van der Waals surface area (Å²) in [6, 6.07) is 8.64. The van der Waals surface area contributed by atoms with Crippen molar-refractivity contribution >= 4 is 33.1 Å². The highest BCUT2D eigenvalue weighted by atomic mass is 32.1. The molecule has 0 fully saturated rings. The molecule has 0 aliphatic heterocycles. The Bertz CT molecular complexity index is 572. The molecule has 2 aromatic rings. The van der Waals surface area contributed by atoms with Crippen molar-refractivity contribution in [1.82, 2.24) is 0 Å². The predicted octanol–water partition coefficient (Wildman–Crippen LogP) is 6.14. The van der Waals surface area contributed by atoms with Gasteiger partial charge in [0.1, 0.15) is 0 Å². The van der Waals surface area contributed by atoms with Gasteiger partial charge in [0.25, 0.3) is 0 Å². The monoisotopic (exact) mass is 256 g/mol. The second kappa shape index (κ2) is 6.01. The molecule has 1 aromatic carbocycles. The molecule has 0 amide bonds. The normalized spacial score (nSPS) is 11.4. The first-order chi connectivity index (χ1) is 8.77. The fourth-order valence-corrected chi connectivity index (χ4v) is 3.33. The van der Waals surface area contributed by atoms with Crippen molar-refractivity contribution in [3.8, 4) is 0 Å². The average Bonchev–Trinajstić information content (AvgIpc) is 2.75. The first-order valence-corrected chi connectivity index (χ1v) is 7.45. The van der Waals surface area contributed by atoms with E-state index in [9.17, 15) is 0 Å². The highest BCUT2D eigenvalue weighted by Gasteiger charge is 2.11. The zero-order valence-corrected chi connectivity index (χ0v) is 12.0. The number of allylic oxidation sites excluding steroid dienone is 2. The van der Waals surface area contributed by atoms with Gasteiger partial charge in [0.05, 0.1) is 0 Å². The van der Waals surface area contributed by atoms with Gasteiger partial charge >= 0.3 is 0 Å². The lowest BCUT2D eigenvalue weighted by Gasteiger charge is -2.03. The molecule has 94 valence electrons. The molecule has 0 spiro atoms. The third-order valence-corrected chi connectivity index (χ3v) is 4.32. The minimum absolute atomic E-state index is 1.07. The molecule has 0 radical (unpaired) electrons. The number of benzene rings is 1. The molecular formula is C17H20S. The zero-order valence-electron chi connectivity index (χ0n) is 11.2. The van der Waals surface area contributed by atoms with Crippen LogP contribution in [-0.2, 0) is 0 Å². The Kier molecular flexibility index (Phi) is 4.38. The minimum atomic E-state index is 1.07. The van der Waals surface area contributed by atoms with Gasteiger partial charge in [0.15, 0.2) is 0 Å². The van der Waals surface area contributed by atoms with Gasteiger partial charge < -0.3 is 0 Å². The third-order valence-electron chi connectivity index (χ3n) is 3.03.